The summed E-state index contributed by atoms with van der Waals surface area (Å²) in [6.07, 6.45) is 0. The molecule has 0 radical (unpaired) electrons. The lowest BCUT2D eigenvalue weighted by Crippen LogP contribution is -2.06. The van der Waals surface area contributed by atoms with Gasteiger partial charge in [-0.15, -0.1) is 11.3 Å². The average Bonchev–Trinajstić information content (AvgIpc) is 3.41. The fraction of sp³-hybridized carbons (Fsp3) is 0.0952. The summed E-state index contributed by atoms with van der Waals surface area (Å²) in [5.74, 6) is 1.01. The van der Waals surface area contributed by atoms with Crippen molar-refractivity contribution in [2.45, 2.75) is 13.2 Å². The maximum atomic E-state index is 12.3. The molecule has 0 bridgehead atoms. The average molecular weight is 550 g/mol. The summed E-state index contributed by atoms with van der Waals surface area (Å²) in [7, 11) is 0. The topological polar surface area (TPSA) is 74.5 Å². The zero-order chi connectivity index (χ0) is 20.9. The Kier molecular flexibility index (Phi) is 6.61. The molecule has 2 heterocycles. The molecule has 0 saturated heterocycles. The highest BCUT2D eigenvalue weighted by Gasteiger charge is 2.14. The number of carbonyl (C=O) groups excluding carboxylic acids is 1. The standard InChI is InChI=1S/C21H14Br2N2O4S/c22-15-5-7-17(8-6-15)27-10-13-1-3-14(4-2-13)21(26)28-11-19-24-20(25-29-19)18-9-16(23)12-30-18/h1-9,12H,10-11H2. The van der Waals surface area contributed by atoms with Crippen molar-refractivity contribution < 1.29 is 18.8 Å². The summed E-state index contributed by atoms with van der Waals surface area (Å²) in [5.41, 5.74) is 1.38. The van der Waals surface area contributed by atoms with E-state index in [9.17, 15) is 4.79 Å². The molecule has 0 spiro atoms. The third-order valence-corrected chi connectivity index (χ3v) is 6.21. The van der Waals surface area contributed by atoms with Crippen LogP contribution in [0.15, 0.2) is 73.4 Å². The Hall–Kier alpha value is -2.49. The van der Waals surface area contributed by atoms with Gasteiger partial charge < -0.3 is 14.0 Å². The van der Waals surface area contributed by atoms with Crippen molar-refractivity contribution in [3.8, 4) is 16.5 Å². The van der Waals surface area contributed by atoms with Gasteiger partial charge >= 0.3 is 5.97 Å². The van der Waals surface area contributed by atoms with Crippen LogP contribution in [0.5, 0.6) is 5.75 Å². The van der Waals surface area contributed by atoms with E-state index < -0.39 is 5.97 Å². The summed E-state index contributed by atoms with van der Waals surface area (Å²) in [6.45, 7) is 0.313. The van der Waals surface area contributed by atoms with Crippen molar-refractivity contribution in [2.24, 2.45) is 0 Å². The second-order valence-electron chi connectivity index (χ2n) is 6.16. The molecule has 152 valence electrons. The smallest absolute Gasteiger partial charge is 0.338 e. The van der Waals surface area contributed by atoms with Gasteiger partial charge in [-0.05, 0) is 64.0 Å². The minimum atomic E-state index is -0.464. The Morgan fingerprint density at radius 1 is 1.00 bits per heavy atom. The maximum Gasteiger partial charge on any atom is 0.338 e. The summed E-state index contributed by atoms with van der Waals surface area (Å²) in [5, 5.41) is 5.84. The van der Waals surface area contributed by atoms with Gasteiger partial charge in [0.1, 0.15) is 12.4 Å². The van der Waals surface area contributed by atoms with E-state index in [0.717, 1.165) is 25.1 Å². The van der Waals surface area contributed by atoms with E-state index in [4.69, 9.17) is 14.0 Å². The van der Waals surface area contributed by atoms with Gasteiger partial charge in [-0.1, -0.05) is 33.2 Å². The molecule has 0 aliphatic heterocycles. The molecule has 0 atom stereocenters. The number of rotatable bonds is 7. The molecule has 0 unspecified atom stereocenters. The summed E-state index contributed by atoms with van der Waals surface area (Å²) < 4.78 is 18.1. The number of hydrogen-bond donors (Lipinski definition) is 0. The second-order valence-corrected chi connectivity index (χ2v) is 8.90. The van der Waals surface area contributed by atoms with Crippen LogP contribution in [-0.4, -0.2) is 16.1 Å². The van der Waals surface area contributed by atoms with Gasteiger partial charge in [0.05, 0.1) is 10.4 Å². The van der Waals surface area contributed by atoms with Gasteiger partial charge in [0.2, 0.25) is 5.82 Å². The Labute approximate surface area is 193 Å². The first-order chi connectivity index (χ1) is 14.6. The Morgan fingerprint density at radius 2 is 1.77 bits per heavy atom. The van der Waals surface area contributed by atoms with Crippen molar-refractivity contribution >= 4 is 49.2 Å². The van der Waals surface area contributed by atoms with Crippen LogP contribution in [-0.2, 0) is 18.0 Å². The molecule has 0 saturated carbocycles. The minimum Gasteiger partial charge on any atom is -0.489 e. The number of aromatic nitrogens is 2. The van der Waals surface area contributed by atoms with E-state index in [0.29, 0.717) is 18.0 Å². The molecule has 30 heavy (non-hydrogen) atoms. The molecule has 2 aromatic heterocycles. The number of nitrogens with zero attached hydrogens (tertiary/aromatic N) is 2. The quantitative estimate of drug-likeness (QED) is 0.253. The molecule has 0 aliphatic carbocycles. The highest BCUT2D eigenvalue weighted by atomic mass is 79.9. The van der Waals surface area contributed by atoms with E-state index >= 15 is 0 Å². The lowest BCUT2D eigenvalue weighted by Gasteiger charge is -2.07. The number of carbonyl (C=O) groups is 1. The highest BCUT2D eigenvalue weighted by molar-refractivity contribution is 9.10. The molecule has 4 rings (SSSR count). The van der Waals surface area contributed by atoms with Gasteiger partial charge in [-0.25, -0.2) is 4.79 Å². The molecule has 0 N–H and O–H groups in total. The molecule has 4 aromatic rings. The number of halogens is 2. The molecule has 0 aliphatic rings. The van der Waals surface area contributed by atoms with Crippen LogP contribution in [0.4, 0.5) is 0 Å². The lowest BCUT2D eigenvalue weighted by molar-refractivity contribution is 0.0430. The van der Waals surface area contributed by atoms with Crippen LogP contribution in [0.3, 0.4) is 0 Å². The van der Waals surface area contributed by atoms with Gasteiger partial charge in [-0.2, -0.15) is 4.98 Å². The van der Waals surface area contributed by atoms with E-state index in [1.165, 1.54) is 11.3 Å². The summed E-state index contributed by atoms with van der Waals surface area (Å²) >= 11 is 8.27. The molecule has 9 heteroatoms. The van der Waals surface area contributed by atoms with E-state index in [1.807, 2.05) is 47.8 Å². The van der Waals surface area contributed by atoms with Gasteiger partial charge in [0.15, 0.2) is 6.61 Å². The number of hydrogen-bond acceptors (Lipinski definition) is 7. The molecule has 6 nitrogen and oxygen atoms in total. The molecule has 0 amide bonds. The predicted octanol–water partition coefficient (Wildman–Crippen LogP) is 6.26. The third-order valence-electron chi connectivity index (χ3n) is 3.99. The zero-order valence-corrected chi connectivity index (χ0v) is 19.4. The molecular formula is C21H14Br2N2O4S. The lowest BCUT2D eigenvalue weighted by atomic mass is 10.1. The number of thiophene rings is 1. The van der Waals surface area contributed by atoms with Crippen LogP contribution < -0.4 is 4.74 Å². The van der Waals surface area contributed by atoms with E-state index in [-0.39, 0.29) is 12.5 Å². The first kappa shape index (κ1) is 20.8. The molecule has 0 fully saturated rings. The monoisotopic (exact) mass is 548 g/mol. The Bertz CT molecular complexity index is 1140. The van der Waals surface area contributed by atoms with Crippen molar-refractivity contribution in [2.75, 3.05) is 0 Å². The van der Waals surface area contributed by atoms with Crippen molar-refractivity contribution in [3.05, 3.63) is 85.9 Å². The molecular weight excluding hydrogens is 536 g/mol. The Balaban J connectivity index is 1.29. The second kappa shape index (κ2) is 9.55. The molecule has 2 aromatic carbocycles. The first-order valence-corrected chi connectivity index (χ1v) is 11.2. The predicted molar refractivity (Wildman–Crippen MR) is 119 cm³/mol. The van der Waals surface area contributed by atoms with E-state index in [2.05, 4.69) is 42.0 Å². The minimum absolute atomic E-state index is 0.0905. The largest absolute Gasteiger partial charge is 0.489 e. The highest BCUT2D eigenvalue weighted by Crippen LogP contribution is 2.27. The maximum absolute atomic E-state index is 12.3. The Morgan fingerprint density at radius 3 is 2.47 bits per heavy atom. The number of esters is 1. The van der Waals surface area contributed by atoms with Crippen LogP contribution in [0, 0.1) is 0 Å². The van der Waals surface area contributed by atoms with Crippen LogP contribution in [0.1, 0.15) is 21.8 Å². The normalized spacial score (nSPS) is 10.7. The van der Waals surface area contributed by atoms with Crippen molar-refractivity contribution in [3.63, 3.8) is 0 Å². The van der Waals surface area contributed by atoms with E-state index in [1.54, 1.807) is 12.1 Å². The SMILES string of the molecule is O=C(OCc1nc(-c2cc(Br)cs2)no1)c1ccc(COc2ccc(Br)cc2)cc1. The van der Waals surface area contributed by atoms with Gasteiger partial charge in [0, 0.05) is 14.3 Å². The number of ether oxygens (including phenoxy) is 2. The third kappa shape index (κ3) is 5.35. The van der Waals surface area contributed by atoms with Crippen LogP contribution in [0.2, 0.25) is 0 Å². The van der Waals surface area contributed by atoms with Gasteiger partial charge in [0.25, 0.3) is 5.89 Å². The van der Waals surface area contributed by atoms with Crippen LogP contribution in [0.25, 0.3) is 10.7 Å². The van der Waals surface area contributed by atoms with Crippen molar-refractivity contribution in [1.82, 2.24) is 10.1 Å². The first-order valence-electron chi connectivity index (χ1n) is 8.78. The fourth-order valence-electron chi connectivity index (χ4n) is 2.49. The zero-order valence-electron chi connectivity index (χ0n) is 15.4. The van der Waals surface area contributed by atoms with Crippen LogP contribution >= 0.6 is 43.2 Å². The summed E-state index contributed by atoms with van der Waals surface area (Å²) in [6, 6.07) is 16.6. The fourth-order valence-corrected chi connectivity index (χ4v) is 4.11. The number of benzene rings is 2. The van der Waals surface area contributed by atoms with Gasteiger partial charge in [-0.3, -0.25) is 0 Å². The van der Waals surface area contributed by atoms with Crippen molar-refractivity contribution in [1.29, 1.82) is 0 Å². The summed E-state index contributed by atoms with van der Waals surface area (Å²) in [4.78, 5) is 17.4.